The first-order valence-corrected chi connectivity index (χ1v) is 6.61. The summed E-state index contributed by atoms with van der Waals surface area (Å²) < 4.78 is 5.69. The minimum absolute atomic E-state index is 0.340. The summed E-state index contributed by atoms with van der Waals surface area (Å²) in [5, 5.41) is 0.555. The van der Waals surface area contributed by atoms with E-state index in [-0.39, 0.29) is 0 Å². The normalized spacial score (nSPS) is 10.4. The van der Waals surface area contributed by atoms with Crippen LogP contribution in [0.1, 0.15) is 18.1 Å². The van der Waals surface area contributed by atoms with E-state index in [0.717, 1.165) is 17.7 Å². The van der Waals surface area contributed by atoms with Crippen LogP contribution in [0.4, 0.5) is 0 Å². The number of ether oxygens (including phenoxy) is 1. The second-order valence-corrected chi connectivity index (χ2v) is 4.53. The van der Waals surface area contributed by atoms with Gasteiger partial charge in [-0.3, -0.25) is 0 Å². The van der Waals surface area contributed by atoms with Gasteiger partial charge in [-0.1, -0.05) is 30.7 Å². The van der Waals surface area contributed by atoms with Crippen LogP contribution in [0.15, 0.2) is 36.5 Å². The lowest BCUT2D eigenvalue weighted by Gasteiger charge is -2.07. The molecule has 0 aliphatic rings. The number of benzene rings is 1. The molecule has 0 radical (unpaired) electrons. The SMILES string of the molecule is CCc1cccc(Oc2cc(CCl)c(Cl)cn2)c1. The molecule has 0 fully saturated rings. The Kier molecular flexibility index (Phi) is 4.45. The molecule has 0 atom stereocenters. The van der Waals surface area contributed by atoms with Gasteiger partial charge in [-0.2, -0.15) is 0 Å². The van der Waals surface area contributed by atoms with Crippen LogP contribution in [0.3, 0.4) is 0 Å². The van der Waals surface area contributed by atoms with E-state index in [4.69, 9.17) is 27.9 Å². The molecule has 1 aromatic carbocycles. The molecule has 0 saturated heterocycles. The van der Waals surface area contributed by atoms with Gasteiger partial charge in [-0.15, -0.1) is 11.6 Å². The molecule has 0 bridgehead atoms. The highest BCUT2D eigenvalue weighted by molar-refractivity contribution is 6.32. The van der Waals surface area contributed by atoms with Crippen LogP contribution in [0.5, 0.6) is 11.6 Å². The van der Waals surface area contributed by atoms with Crippen molar-refractivity contribution in [2.45, 2.75) is 19.2 Å². The zero-order chi connectivity index (χ0) is 13.0. The van der Waals surface area contributed by atoms with E-state index in [1.54, 1.807) is 12.3 Å². The molecule has 0 aliphatic carbocycles. The molecule has 0 saturated carbocycles. The van der Waals surface area contributed by atoms with Crippen molar-refractivity contribution in [3.05, 3.63) is 52.7 Å². The number of rotatable bonds is 4. The van der Waals surface area contributed by atoms with Crippen LogP contribution in [0.25, 0.3) is 0 Å². The Morgan fingerprint density at radius 2 is 2.11 bits per heavy atom. The maximum atomic E-state index is 5.94. The fourth-order valence-electron chi connectivity index (χ4n) is 1.57. The summed E-state index contributed by atoms with van der Waals surface area (Å²) in [5.41, 5.74) is 2.04. The van der Waals surface area contributed by atoms with Crippen LogP contribution in [0.2, 0.25) is 5.02 Å². The molecule has 2 rings (SSSR count). The molecular weight excluding hydrogens is 269 g/mol. The maximum absolute atomic E-state index is 5.94. The average molecular weight is 282 g/mol. The number of hydrogen-bond donors (Lipinski definition) is 0. The Morgan fingerprint density at radius 1 is 1.28 bits per heavy atom. The molecule has 0 spiro atoms. The smallest absolute Gasteiger partial charge is 0.219 e. The molecule has 0 N–H and O–H groups in total. The highest BCUT2D eigenvalue weighted by Gasteiger charge is 2.04. The molecule has 0 amide bonds. The number of halogens is 2. The van der Waals surface area contributed by atoms with Gasteiger partial charge < -0.3 is 4.74 Å². The number of aryl methyl sites for hydroxylation is 1. The highest BCUT2D eigenvalue weighted by Crippen LogP contribution is 2.25. The Balaban J connectivity index is 2.22. The van der Waals surface area contributed by atoms with Crippen molar-refractivity contribution in [1.29, 1.82) is 0 Å². The van der Waals surface area contributed by atoms with Crippen LogP contribution in [-0.4, -0.2) is 4.98 Å². The molecule has 2 aromatic rings. The van der Waals surface area contributed by atoms with Gasteiger partial charge in [-0.25, -0.2) is 4.98 Å². The summed E-state index contributed by atoms with van der Waals surface area (Å²) in [7, 11) is 0. The molecule has 4 heteroatoms. The number of pyridine rings is 1. The second kappa shape index (κ2) is 6.07. The van der Waals surface area contributed by atoms with Crippen molar-refractivity contribution in [3.63, 3.8) is 0 Å². The topological polar surface area (TPSA) is 22.1 Å². The van der Waals surface area contributed by atoms with Crippen molar-refractivity contribution in [3.8, 4) is 11.6 Å². The summed E-state index contributed by atoms with van der Waals surface area (Å²) in [4.78, 5) is 4.12. The summed E-state index contributed by atoms with van der Waals surface area (Å²) in [6.45, 7) is 2.10. The van der Waals surface area contributed by atoms with Gasteiger partial charge in [0, 0.05) is 18.1 Å². The van der Waals surface area contributed by atoms with Crippen LogP contribution in [-0.2, 0) is 12.3 Å². The summed E-state index contributed by atoms with van der Waals surface area (Å²) in [5.74, 6) is 1.61. The lowest BCUT2D eigenvalue weighted by molar-refractivity contribution is 0.462. The minimum Gasteiger partial charge on any atom is -0.439 e. The third-order valence-corrected chi connectivity index (χ3v) is 3.21. The molecule has 2 nitrogen and oxygen atoms in total. The third kappa shape index (κ3) is 3.15. The fourth-order valence-corrected chi connectivity index (χ4v) is 2.03. The quantitative estimate of drug-likeness (QED) is 0.749. The lowest BCUT2D eigenvalue weighted by atomic mass is 10.2. The lowest BCUT2D eigenvalue weighted by Crippen LogP contribution is -1.91. The molecule has 1 aromatic heterocycles. The van der Waals surface area contributed by atoms with E-state index in [0.29, 0.717) is 16.8 Å². The number of nitrogens with zero attached hydrogens (tertiary/aromatic N) is 1. The van der Waals surface area contributed by atoms with Crippen molar-refractivity contribution in [2.75, 3.05) is 0 Å². The summed E-state index contributed by atoms with van der Waals surface area (Å²) in [6.07, 6.45) is 2.52. The zero-order valence-electron chi connectivity index (χ0n) is 9.99. The first-order chi connectivity index (χ1) is 8.72. The van der Waals surface area contributed by atoms with Crippen LogP contribution >= 0.6 is 23.2 Å². The molecule has 1 heterocycles. The standard InChI is InChI=1S/C14H13Cl2NO/c1-2-10-4-3-5-12(6-10)18-14-7-11(8-15)13(16)9-17-14/h3-7,9H,2,8H2,1H3. The zero-order valence-corrected chi connectivity index (χ0v) is 11.5. The highest BCUT2D eigenvalue weighted by atomic mass is 35.5. The Labute approximate surface area is 117 Å². The van der Waals surface area contributed by atoms with E-state index in [9.17, 15) is 0 Å². The second-order valence-electron chi connectivity index (χ2n) is 3.85. The van der Waals surface area contributed by atoms with E-state index in [1.165, 1.54) is 5.56 Å². The van der Waals surface area contributed by atoms with Gasteiger partial charge in [0.15, 0.2) is 0 Å². The van der Waals surface area contributed by atoms with E-state index in [1.807, 2.05) is 18.2 Å². The van der Waals surface area contributed by atoms with Gasteiger partial charge in [0.05, 0.1) is 5.02 Å². The largest absolute Gasteiger partial charge is 0.439 e. The van der Waals surface area contributed by atoms with Crippen molar-refractivity contribution >= 4 is 23.2 Å². The number of alkyl halides is 1. The Hall–Kier alpha value is -1.25. The van der Waals surface area contributed by atoms with Gasteiger partial charge in [-0.05, 0) is 29.7 Å². The van der Waals surface area contributed by atoms with Crippen molar-refractivity contribution in [2.24, 2.45) is 0 Å². The first-order valence-electron chi connectivity index (χ1n) is 5.70. The third-order valence-electron chi connectivity index (χ3n) is 2.58. The van der Waals surface area contributed by atoms with Crippen molar-refractivity contribution < 1.29 is 4.74 Å². The first kappa shape index (κ1) is 13.2. The molecule has 0 aliphatic heterocycles. The van der Waals surface area contributed by atoms with Crippen LogP contribution in [0, 0.1) is 0 Å². The molecule has 18 heavy (non-hydrogen) atoms. The molecule has 94 valence electrons. The van der Waals surface area contributed by atoms with Crippen LogP contribution < -0.4 is 4.74 Å². The maximum Gasteiger partial charge on any atom is 0.219 e. The monoisotopic (exact) mass is 281 g/mol. The summed E-state index contributed by atoms with van der Waals surface area (Å²) >= 11 is 11.7. The number of hydrogen-bond acceptors (Lipinski definition) is 2. The fraction of sp³-hybridized carbons (Fsp3) is 0.214. The van der Waals surface area contributed by atoms with E-state index < -0.39 is 0 Å². The average Bonchev–Trinajstić information content (AvgIpc) is 2.41. The van der Waals surface area contributed by atoms with Gasteiger partial charge in [0.2, 0.25) is 5.88 Å². The van der Waals surface area contributed by atoms with Gasteiger partial charge >= 0.3 is 0 Å². The minimum atomic E-state index is 0.340. The molecular formula is C14H13Cl2NO. The van der Waals surface area contributed by atoms with Gasteiger partial charge in [0.1, 0.15) is 5.75 Å². The summed E-state index contributed by atoms with van der Waals surface area (Å²) in [6, 6.07) is 9.68. The Bertz CT molecular complexity index is 543. The molecule has 0 unspecified atom stereocenters. The predicted molar refractivity (Wildman–Crippen MR) is 74.7 cm³/mol. The van der Waals surface area contributed by atoms with Gasteiger partial charge in [0.25, 0.3) is 0 Å². The Morgan fingerprint density at radius 3 is 2.83 bits per heavy atom. The van der Waals surface area contributed by atoms with E-state index >= 15 is 0 Å². The van der Waals surface area contributed by atoms with Crippen molar-refractivity contribution in [1.82, 2.24) is 4.98 Å². The van der Waals surface area contributed by atoms with E-state index in [2.05, 4.69) is 18.0 Å². The number of aromatic nitrogens is 1. The predicted octanol–water partition coefficient (Wildman–Crippen LogP) is 4.83.